The number of nitrogens with one attached hydrogen (secondary N) is 1. The van der Waals surface area contributed by atoms with Crippen LogP contribution in [0.4, 0.5) is 0 Å². The maximum atomic E-state index is 5.71. The van der Waals surface area contributed by atoms with Crippen molar-refractivity contribution in [3.63, 3.8) is 0 Å². The molecule has 1 aliphatic heterocycles. The Bertz CT molecular complexity index is 339. The molecule has 0 aromatic carbocycles. The van der Waals surface area contributed by atoms with Crippen molar-refractivity contribution >= 4 is 0 Å². The van der Waals surface area contributed by atoms with E-state index < -0.39 is 0 Å². The Hall–Kier alpha value is -1.49. The molecule has 0 aliphatic carbocycles. The summed E-state index contributed by atoms with van der Waals surface area (Å²) in [5, 5.41) is 3.13. The summed E-state index contributed by atoms with van der Waals surface area (Å²) in [4.78, 5) is 4.04. The summed E-state index contributed by atoms with van der Waals surface area (Å²) in [6.45, 7) is 1.74. The standard InChI is InChI=1S/C10H14N2O3/c1-13-9-6-12-10(14-2)3-8(9)15-7-4-11-5-7/h3,6-7,11H,4-5H2,1-2H3. The lowest BCUT2D eigenvalue weighted by molar-refractivity contribution is 0.136. The van der Waals surface area contributed by atoms with E-state index in [-0.39, 0.29) is 6.10 Å². The van der Waals surface area contributed by atoms with Crippen LogP contribution in [-0.2, 0) is 0 Å². The van der Waals surface area contributed by atoms with Gasteiger partial charge in [-0.2, -0.15) is 0 Å². The second-order valence-corrected chi connectivity index (χ2v) is 3.28. The van der Waals surface area contributed by atoms with Crippen LogP contribution in [0.5, 0.6) is 17.4 Å². The fraction of sp³-hybridized carbons (Fsp3) is 0.500. The highest BCUT2D eigenvalue weighted by molar-refractivity contribution is 5.41. The third kappa shape index (κ3) is 2.12. The third-order valence-corrected chi connectivity index (χ3v) is 2.27. The van der Waals surface area contributed by atoms with Crippen LogP contribution >= 0.6 is 0 Å². The molecule has 0 radical (unpaired) electrons. The maximum Gasteiger partial charge on any atom is 0.216 e. The predicted molar refractivity (Wildman–Crippen MR) is 54.6 cm³/mol. The molecular formula is C10H14N2O3. The largest absolute Gasteiger partial charge is 0.491 e. The van der Waals surface area contributed by atoms with Gasteiger partial charge in [0.2, 0.25) is 5.88 Å². The summed E-state index contributed by atoms with van der Waals surface area (Å²) in [5.41, 5.74) is 0. The van der Waals surface area contributed by atoms with Crippen LogP contribution in [0.2, 0.25) is 0 Å². The van der Waals surface area contributed by atoms with Gasteiger partial charge in [0.1, 0.15) is 6.10 Å². The minimum atomic E-state index is 0.214. The van der Waals surface area contributed by atoms with Crippen LogP contribution in [0.1, 0.15) is 0 Å². The lowest BCUT2D eigenvalue weighted by atomic mass is 10.2. The monoisotopic (exact) mass is 210 g/mol. The second kappa shape index (κ2) is 4.35. The van der Waals surface area contributed by atoms with Crippen LogP contribution in [0.25, 0.3) is 0 Å². The SMILES string of the molecule is COc1cc(OC2CNC2)c(OC)cn1. The van der Waals surface area contributed by atoms with Gasteiger partial charge in [0.05, 0.1) is 20.4 Å². The van der Waals surface area contributed by atoms with Crippen LogP contribution < -0.4 is 19.5 Å². The minimum absolute atomic E-state index is 0.214. The van der Waals surface area contributed by atoms with Crippen molar-refractivity contribution in [2.75, 3.05) is 27.3 Å². The third-order valence-electron chi connectivity index (χ3n) is 2.27. The zero-order valence-corrected chi connectivity index (χ0v) is 8.82. The smallest absolute Gasteiger partial charge is 0.216 e. The lowest BCUT2D eigenvalue weighted by Crippen LogP contribution is -2.50. The fourth-order valence-electron chi connectivity index (χ4n) is 1.29. The van der Waals surface area contributed by atoms with Gasteiger partial charge in [-0.3, -0.25) is 0 Å². The Morgan fingerprint density at radius 3 is 2.60 bits per heavy atom. The zero-order valence-electron chi connectivity index (χ0n) is 8.82. The van der Waals surface area contributed by atoms with Gasteiger partial charge in [0.15, 0.2) is 11.5 Å². The Kier molecular flexibility index (Phi) is 2.91. The van der Waals surface area contributed by atoms with Gasteiger partial charge in [-0.05, 0) is 0 Å². The average Bonchev–Trinajstić information content (AvgIpc) is 2.23. The van der Waals surface area contributed by atoms with E-state index in [1.807, 2.05) is 0 Å². The van der Waals surface area contributed by atoms with Crippen LogP contribution in [0, 0.1) is 0 Å². The van der Waals surface area contributed by atoms with E-state index in [9.17, 15) is 0 Å². The molecule has 0 amide bonds. The molecule has 2 rings (SSSR count). The second-order valence-electron chi connectivity index (χ2n) is 3.28. The van der Waals surface area contributed by atoms with Gasteiger partial charge in [-0.15, -0.1) is 0 Å². The molecule has 82 valence electrons. The van der Waals surface area contributed by atoms with E-state index >= 15 is 0 Å². The topological polar surface area (TPSA) is 52.6 Å². The van der Waals surface area contributed by atoms with E-state index in [1.54, 1.807) is 26.5 Å². The van der Waals surface area contributed by atoms with E-state index in [2.05, 4.69) is 10.3 Å². The quantitative estimate of drug-likeness (QED) is 0.782. The van der Waals surface area contributed by atoms with Crippen LogP contribution in [-0.4, -0.2) is 38.4 Å². The Morgan fingerprint density at radius 1 is 1.27 bits per heavy atom. The van der Waals surface area contributed by atoms with Gasteiger partial charge in [0.25, 0.3) is 0 Å². The highest BCUT2D eigenvalue weighted by Crippen LogP contribution is 2.30. The van der Waals surface area contributed by atoms with Crippen LogP contribution in [0.15, 0.2) is 12.3 Å². The maximum absolute atomic E-state index is 5.71. The molecular weight excluding hydrogens is 196 g/mol. The average molecular weight is 210 g/mol. The van der Waals surface area contributed by atoms with Gasteiger partial charge in [0, 0.05) is 19.2 Å². The molecule has 1 aromatic rings. The molecule has 5 heteroatoms. The number of ether oxygens (including phenoxy) is 3. The molecule has 0 unspecified atom stereocenters. The van der Waals surface area contributed by atoms with Gasteiger partial charge in [-0.1, -0.05) is 0 Å². The number of hydrogen-bond donors (Lipinski definition) is 1. The summed E-state index contributed by atoms with van der Waals surface area (Å²) >= 11 is 0. The first kappa shape index (κ1) is 10.0. The van der Waals surface area contributed by atoms with Crippen molar-refractivity contribution in [2.45, 2.75) is 6.10 Å². The molecule has 2 heterocycles. The molecule has 5 nitrogen and oxygen atoms in total. The first-order valence-electron chi connectivity index (χ1n) is 4.79. The summed E-state index contributed by atoms with van der Waals surface area (Å²) in [5.74, 6) is 1.83. The molecule has 0 atom stereocenters. The number of rotatable bonds is 4. The molecule has 1 aromatic heterocycles. The first-order chi connectivity index (χ1) is 7.33. The molecule has 0 saturated carbocycles. The highest BCUT2D eigenvalue weighted by Gasteiger charge is 2.20. The summed E-state index contributed by atoms with van der Waals surface area (Å²) in [7, 11) is 3.17. The van der Waals surface area contributed by atoms with E-state index in [1.165, 1.54) is 0 Å². The molecule has 1 aliphatic rings. The molecule has 1 N–H and O–H groups in total. The van der Waals surface area contributed by atoms with E-state index in [0.29, 0.717) is 17.4 Å². The summed E-state index contributed by atoms with van der Waals surface area (Å²) in [6.07, 6.45) is 1.81. The number of aromatic nitrogens is 1. The number of hydrogen-bond acceptors (Lipinski definition) is 5. The predicted octanol–water partition coefficient (Wildman–Crippen LogP) is 0.449. The number of nitrogens with zero attached hydrogens (tertiary/aromatic N) is 1. The molecule has 15 heavy (non-hydrogen) atoms. The fourth-order valence-corrected chi connectivity index (χ4v) is 1.29. The van der Waals surface area contributed by atoms with Crippen molar-refractivity contribution in [3.8, 4) is 17.4 Å². The minimum Gasteiger partial charge on any atom is -0.491 e. The highest BCUT2D eigenvalue weighted by atomic mass is 16.5. The van der Waals surface area contributed by atoms with Crippen molar-refractivity contribution < 1.29 is 14.2 Å². The normalized spacial score (nSPS) is 15.6. The molecule has 1 saturated heterocycles. The van der Waals surface area contributed by atoms with Gasteiger partial charge < -0.3 is 19.5 Å². The number of pyridine rings is 1. The van der Waals surface area contributed by atoms with E-state index in [4.69, 9.17) is 14.2 Å². The van der Waals surface area contributed by atoms with Gasteiger partial charge in [-0.25, -0.2) is 4.98 Å². The van der Waals surface area contributed by atoms with Crippen molar-refractivity contribution in [1.82, 2.24) is 10.3 Å². The van der Waals surface area contributed by atoms with Gasteiger partial charge >= 0.3 is 0 Å². The Labute approximate surface area is 88.4 Å². The summed E-state index contributed by atoms with van der Waals surface area (Å²) < 4.78 is 15.9. The van der Waals surface area contributed by atoms with Crippen molar-refractivity contribution in [1.29, 1.82) is 0 Å². The molecule has 0 bridgehead atoms. The first-order valence-corrected chi connectivity index (χ1v) is 4.79. The zero-order chi connectivity index (χ0) is 10.7. The lowest BCUT2D eigenvalue weighted by Gasteiger charge is -2.28. The van der Waals surface area contributed by atoms with Crippen molar-refractivity contribution in [3.05, 3.63) is 12.3 Å². The Morgan fingerprint density at radius 2 is 2.07 bits per heavy atom. The molecule has 1 fully saturated rings. The molecule has 0 spiro atoms. The van der Waals surface area contributed by atoms with Crippen LogP contribution in [0.3, 0.4) is 0 Å². The Balaban J connectivity index is 2.16. The van der Waals surface area contributed by atoms with E-state index in [0.717, 1.165) is 13.1 Å². The number of methoxy groups -OCH3 is 2. The van der Waals surface area contributed by atoms with Crippen molar-refractivity contribution in [2.24, 2.45) is 0 Å². The summed E-state index contributed by atoms with van der Waals surface area (Å²) in [6, 6.07) is 1.73.